The van der Waals surface area contributed by atoms with E-state index < -0.39 is 4.92 Å². The molecule has 0 radical (unpaired) electrons. The topological polar surface area (TPSA) is 75.5 Å². The predicted octanol–water partition coefficient (Wildman–Crippen LogP) is 3.38. The van der Waals surface area contributed by atoms with Crippen molar-refractivity contribution in [3.05, 3.63) is 55.7 Å². The summed E-state index contributed by atoms with van der Waals surface area (Å²) in [7, 11) is 1.83. The van der Waals surface area contributed by atoms with Gasteiger partial charge in [-0.05, 0) is 24.6 Å². The normalized spacial score (nSPS) is 10.7. The van der Waals surface area contributed by atoms with E-state index in [0.717, 1.165) is 4.88 Å². The van der Waals surface area contributed by atoms with Gasteiger partial charge in [0, 0.05) is 23.6 Å². The highest BCUT2D eigenvalue weighted by molar-refractivity contribution is 7.09. The Balaban J connectivity index is 1.96. The maximum Gasteiger partial charge on any atom is 0.271 e. The van der Waals surface area contributed by atoms with E-state index in [1.165, 1.54) is 18.2 Å². The summed E-state index contributed by atoms with van der Waals surface area (Å²) in [5.41, 5.74) is 0.122. The minimum atomic E-state index is -0.533. The van der Waals surface area contributed by atoms with Crippen molar-refractivity contribution < 1.29 is 9.72 Å². The van der Waals surface area contributed by atoms with Gasteiger partial charge in [-0.1, -0.05) is 17.7 Å². The zero-order chi connectivity index (χ0) is 16.1. The number of nitro groups is 1. The first-order valence-corrected chi connectivity index (χ1v) is 7.66. The molecule has 0 aliphatic rings. The van der Waals surface area contributed by atoms with Gasteiger partial charge in [-0.15, -0.1) is 11.3 Å². The van der Waals surface area contributed by atoms with Crippen molar-refractivity contribution in [1.82, 2.24) is 4.90 Å². The number of hydrogen-bond donors (Lipinski definition) is 1. The second kappa shape index (κ2) is 7.35. The first kappa shape index (κ1) is 16.4. The summed E-state index contributed by atoms with van der Waals surface area (Å²) in [5.74, 6) is -0.276. The Morgan fingerprint density at radius 2 is 2.23 bits per heavy atom. The van der Waals surface area contributed by atoms with E-state index in [9.17, 15) is 14.9 Å². The SMILES string of the molecule is CN(CC(=O)Nc1cc([N+](=O)[O-])ccc1Cl)Cc1cccs1. The van der Waals surface area contributed by atoms with Crippen LogP contribution < -0.4 is 5.32 Å². The van der Waals surface area contributed by atoms with Gasteiger partial charge in [-0.2, -0.15) is 0 Å². The Labute approximate surface area is 136 Å². The van der Waals surface area contributed by atoms with Crippen LogP contribution in [0.3, 0.4) is 0 Å². The van der Waals surface area contributed by atoms with Crippen molar-refractivity contribution in [2.24, 2.45) is 0 Å². The molecule has 0 fully saturated rings. The number of nitro benzene ring substituents is 1. The standard InChI is InChI=1S/C14H14ClN3O3S/c1-17(8-11-3-2-6-22-11)9-14(19)16-13-7-10(18(20)21)4-5-12(13)15/h2-7H,8-9H2,1H3,(H,16,19). The van der Waals surface area contributed by atoms with Gasteiger partial charge in [0.25, 0.3) is 5.69 Å². The van der Waals surface area contributed by atoms with E-state index in [2.05, 4.69) is 5.32 Å². The van der Waals surface area contributed by atoms with Gasteiger partial charge in [0.1, 0.15) is 0 Å². The number of benzene rings is 1. The zero-order valence-corrected chi connectivity index (χ0v) is 13.4. The molecular weight excluding hydrogens is 326 g/mol. The van der Waals surface area contributed by atoms with E-state index in [4.69, 9.17) is 11.6 Å². The molecule has 6 nitrogen and oxygen atoms in total. The highest BCUT2D eigenvalue weighted by atomic mass is 35.5. The van der Waals surface area contributed by atoms with Gasteiger partial charge in [0.2, 0.25) is 5.91 Å². The number of halogens is 1. The van der Waals surface area contributed by atoms with Crippen LogP contribution in [-0.4, -0.2) is 29.3 Å². The first-order valence-electron chi connectivity index (χ1n) is 6.40. The summed E-state index contributed by atoms with van der Waals surface area (Å²) in [5, 5.41) is 15.6. The first-order chi connectivity index (χ1) is 10.5. The lowest BCUT2D eigenvalue weighted by Gasteiger charge is -2.15. The average Bonchev–Trinajstić information content (AvgIpc) is 2.93. The molecule has 2 rings (SSSR count). The van der Waals surface area contributed by atoms with Crippen molar-refractivity contribution in [3.8, 4) is 0 Å². The summed E-state index contributed by atoms with van der Waals surface area (Å²) in [6.07, 6.45) is 0. The van der Waals surface area contributed by atoms with Crippen LogP contribution in [0.25, 0.3) is 0 Å². The Bertz CT molecular complexity index is 676. The highest BCUT2D eigenvalue weighted by Gasteiger charge is 2.13. The summed E-state index contributed by atoms with van der Waals surface area (Å²) in [4.78, 5) is 25.2. The predicted molar refractivity (Wildman–Crippen MR) is 87.4 cm³/mol. The van der Waals surface area contributed by atoms with Gasteiger partial charge >= 0.3 is 0 Å². The van der Waals surface area contributed by atoms with E-state index >= 15 is 0 Å². The summed E-state index contributed by atoms with van der Waals surface area (Å²) in [6, 6.07) is 7.89. The third-order valence-electron chi connectivity index (χ3n) is 2.85. The number of carbonyl (C=O) groups is 1. The molecule has 0 unspecified atom stereocenters. The lowest BCUT2D eigenvalue weighted by Crippen LogP contribution is -2.29. The maximum absolute atomic E-state index is 12.0. The zero-order valence-electron chi connectivity index (χ0n) is 11.8. The van der Waals surface area contributed by atoms with Crippen molar-refractivity contribution in [3.63, 3.8) is 0 Å². The Hall–Kier alpha value is -1.96. The molecule has 1 N–H and O–H groups in total. The molecule has 0 bridgehead atoms. The molecule has 0 atom stereocenters. The lowest BCUT2D eigenvalue weighted by atomic mass is 10.2. The van der Waals surface area contributed by atoms with Crippen LogP contribution in [0.15, 0.2) is 35.7 Å². The van der Waals surface area contributed by atoms with Crippen LogP contribution in [0.1, 0.15) is 4.88 Å². The Morgan fingerprint density at radius 3 is 2.86 bits per heavy atom. The minimum Gasteiger partial charge on any atom is -0.323 e. The molecule has 1 aromatic heterocycles. The number of non-ortho nitro benzene ring substituents is 1. The summed E-state index contributed by atoms with van der Waals surface area (Å²) < 4.78 is 0. The Morgan fingerprint density at radius 1 is 1.45 bits per heavy atom. The van der Waals surface area contributed by atoms with Crippen LogP contribution in [-0.2, 0) is 11.3 Å². The number of hydrogen-bond acceptors (Lipinski definition) is 5. The van der Waals surface area contributed by atoms with E-state index in [0.29, 0.717) is 6.54 Å². The number of amides is 1. The smallest absolute Gasteiger partial charge is 0.271 e. The molecule has 8 heteroatoms. The molecule has 0 aliphatic carbocycles. The fourth-order valence-corrected chi connectivity index (χ4v) is 2.83. The van der Waals surface area contributed by atoms with Crippen molar-refractivity contribution in [1.29, 1.82) is 0 Å². The van der Waals surface area contributed by atoms with E-state index in [-0.39, 0.29) is 28.8 Å². The third kappa shape index (κ3) is 4.52. The molecule has 2 aromatic rings. The number of rotatable bonds is 6. The molecule has 22 heavy (non-hydrogen) atoms. The molecule has 0 spiro atoms. The largest absolute Gasteiger partial charge is 0.323 e. The van der Waals surface area contributed by atoms with Gasteiger partial charge in [0.15, 0.2) is 0 Å². The second-order valence-electron chi connectivity index (χ2n) is 4.72. The van der Waals surface area contributed by atoms with Gasteiger partial charge < -0.3 is 5.32 Å². The lowest BCUT2D eigenvalue weighted by molar-refractivity contribution is -0.384. The number of nitrogens with zero attached hydrogens (tertiary/aromatic N) is 2. The number of carbonyl (C=O) groups excluding carboxylic acids is 1. The fourth-order valence-electron chi connectivity index (χ4n) is 1.88. The number of nitrogens with one attached hydrogen (secondary N) is 1. The average molecular weight is 340 g/mol. The van der Waals surface area contributed by atoms with Crippen LogP contribution in [0.5, 0.6) is 0 Å². The monoisotopic (exact) mass is 339 g/mol. The molecule has 116 valence electrons. The third-order valence-corrected chi connectivity index (χ3v) is 4.04. The fraction of sp³-hybridized carbons (Fsp3) is 0.214. The number of anilines is 1. The van der Waals surface area contributed by atoms with E-state index in [1.807, 2.05) is 29.5 Å². The molecular formula is C14H14ClN3O3S. The van der Waals surface area contributed by atoms with E-state index in [1.54, 1.807) is 11.3 Å². The molecule has 0 saturated carbocycles. The molecule has 0 aliphatic heterocycles. The van der Waals surface area contributed by atoms with Gasteiger partial charge in [0.05, 0.1) is 22.2 Å². The Kier molecular flexibility index (Phi) is 5.48. The number of thiophene rings is 1. The van der Waals surface area contributed by atoms with Gasteiger partial charge in [-0.3, -0.25) is 19.8 Å². The van der Waals surface area contributed by atoms with Gasteiger partial charge in [-0.25, -0.2) is 0 Å². The molecule has 0 saturated heterocycles. The van der Waals surface area contributed by atoms with Crippen molar-refractivity contribution in [2.75, 3.05) is 18.9 Å². The van der Waals surface area contributed by atoms with Crippen LogP contribution in [0, 0.1) is 10.1 Å². The summed E-state index contributed by atoms with van der Waals surface area (Å²) in [6.45, 7) is 0.824. The quantitative estimate of drug-likeness (QED) is 0.646. The maximum atomic E-state index is 12.0. The molecule has 1 amide bonds. The molecule has 1 aromatic carbocycles. The van der Waals surface area contributed by atoms with Crippen LogP contribution >= 0.6 is 22.9 Å². The second-order valence-corrected chi connectivity index (χ2v) is 6.16. The summed E-state index contributed by atoms with van der Waals surface area (Å²) >= 11 is 7.57. The van der Waals surface area contributed by atoms with Crippen molar-refractivity contribution in [2.45, 2.75) is 6.54 Å². The highest BCUT2D eigenvalue weighted by Crippen LogP contribution is 2.26. The van der Waals surface area contributed by atoms with Crippen molar-refractivity contribution >= 4 is 40.2 Å². The molecule has 1 heterocycles. The van der Waals surface area contributed by atoms with Crippen LogP contribution in [0.4, 0.5) is 11.4 Å². The number of likely N-dealkylation sites (N-methyl/N-ethyl adjacent to an activating group) is 1. The minimum absolute atomic E-state index is 0.119. The van der Waals surface area contributed by atoms with Crippen LogP contribution in [0.2, 0.25) is 5.02 Å².